The highest BCUT2D eigenvalue weighted by molar-refractivity contribution is 9.10. The monoisotopic (exact) mass is 340 g/mol. The van der Waals surface area contributed by atoms with Gasteiger partial charge in [-0.05, 0) is 40.0 Å². The maximum Gasteiger partial charge on any atom is 0.218 e. The molecule has 0 spiro atoms. The van der Waals surface area contributed by atoms with Crippen molar-refractivity contribution >= 4 is 27.5 Å². The van der Waals surface area contributed by atoms with Gasteiger partial charge >= 0.3 is 0 Å². The van der Waals surface area contributed by atoms with Crippen LogP contribution in [0.3, 0.4) is 0 Å². The van der Waals surface area contributed by atoms with Crippen LogP contribution in [0.15, 0.2) is 34.9 Å². The number of hydrogen-bond acceptors (Lipinski definition) is 3. The molecule has 0 N–H and O–H groups in total. The van der Waals surface area contributed by atoms with Gasteiger partial charge in [0.15, 0.2) is 0 Å². The maximum absolute atomic E-state index is 5.93. The minimum atomic E-state index is 0.440. The van der Waals surface area contributed by atoms with Gasteiger partial charge in [-0.25, -0.2) is 4.98 Å². The summed E-state index contributed by atoms with van der Waals surface area (Å²) in [5.74, 6) is 1.36. The Morgan fingerprint density at radius 3 is 2.84 bits per heavy atom. The zero-order chi connectivity index (χ0) is 13.7. The molecule has 0 amide bonds. The van der Waals surface area contributed by atoms with Gasteiger partial charge in [-0.3, -0.25) is 0 Å². The van der Waals surface area contributed by atoms with Crippen molar-refractivity contribution in [1.82, 2.24) is 9.97 Å². The lowest BCUT2D eigenvalue weighted by molar-refractivity contribution is 0.292. The molecule has 0 saturated heterocycles. The summed E-state index contributed by atoms with van der Waals surface area (Å²) in [7, 11) is 0. The summed E-state index contributed by atoms with van der Waals surface area (Å²) in [5.41, 5.74) is 1.01. The summed E-state index contributed by atoms with van der Waals surface area (Å²) < 4.78 is 6.42. The lowest BCUT2D eigenvalue weighted by Gasteiger charge is -2.07. The average molecular weight is 342 g/mol. The predicted octanol–water partition coefficient (Wildman–Crippen LogP) is 4.42. The first-order valence-corrected chi connectivity index (χ1v) is 7.25. The third-order valence-corrected chi connectivity index (χ3v) is 3.11. The first kappa shape index (κ1) is 14.3. The number of benzene rings is 1. The van der Waals surface area contributed by atoms with E-state index < -0.39 is 0 Å². The van der Waals surface area contributed by atoms with E-state index in [0.717, 1.165) is 28.8 Å². The van der Waals surface area contributed by atoms with E-state index in [1.165, 1.54) is 0 Å². The number of hydrogen-bond donors (Lipinski definition) is 0. The van der Waals surface area contributed by atoms with E-state index >= 15 is 0 Å². The molecule has 19 heavy (non-hydrogen) atoms. The van der Waals surface area contributed by atoms with Crippen molar-refractivity contribution < 1.29 is 4.74 Å². The van der Waals surface area contributed by atoms with Crippen LogP contribution in [0.4, 0.5) is 0 Å². The van der Waals surface area contributed by atoms with Crippen LogP contribution in [0.1, 0.15) is 24.7 Å². The Morgan fingerprint density at radius 1 is 1.26 bits per heavy atom. The summed E-state index contributed by atoms with van der Waals surface area (Å²) in [5, 5.41) is 0.705. The quantitative estimate of drug-likeness (QED) is 0.755. The Bertz CT molecular complexity index is 563. The zero-order valence-corrected chi connectivity index (χ0v) is 12.9. The molecule has 5 heteroatoms. The highest BCUT2D eigenvalue weighted by Crippen LogP contribution is 2.17. The van der Waals surface area contributed by atoms with Crippen molar-refractivity contribution in [3.05, 3.63) is 51.3 Å². The standard InChI is InChI=1S/C14H14BrClN2O/c1-2-4-13-17-12(15)8-14(18-13)19-9-10-5-3-6-11(16)7-10/h3,5-8H,2,4,9H2,1H3. The van der Waals surface area contributed by atoms with Crippen molar-refractivity contribution in [2.45, 2.75) is 26.4 Å². The molecule has 0 aliphatic rings. The second-order valence-corrected chi connectivity index (χ2v) is 5.36. The van der Waals surface area contributed by atoms with E-state index in [1.807, 2.05) is 24.3 Å². The molecule has 0 atom stereocenters. The molecule has 0 saturated carbocycles. The van der Waals surface area contributed by atoms with E-state index in [0.29, 0.717) is 17.5 Å². The van der Waals surface area contributed by atoms with Crippen LogP contribution in [-0.2, 0) is 13.0 Å². The van der Waals surface area contributed by atoms with E-state index in [-0.39, 0.29) is 0 Å². The SMILES string of the molecule is CCCc1nc(Br)cc(OCc2cccc(Cl)c2)n1. The third kappa shape index (κ3) is 4.48. The smallest absolute Gasteiger partial charge is 0.218 e. The van der Waals surface area contributed by atoms with E-state index in [9.17, 15) is 0 Å². The van der Waals surface area contributed by atoms with Gasteiger partial charge in [0.2, 0.25) is 5.88 Å². The van der Waals surface area contributed by atoms with Gasteiger partial charge in [0, 0.05) is 17.5 Å². The van der Waals surface area contributed by atoms with Crippen molar-refractivity contribution in [2.75, 3.05) is 0 Å². The fourth-order valence-electron chi connectivity index (χ4n) is 1.64. The molecule has 0 fully saturated rings. The Morgan fingerprint density at radius 2 is 2.11 bits per heavy atom. The van der Waals surface area contributed by atoms with Gasteiger partial charge in [0.1, 0.15) is 17.0 Å². The molecule has 0 aliphatic heterocycles. The van der Waals surface area contributed by atoms with Crippen LogP contribution in [0, 0.1) is 0 Å². The second-order valence-electron chi connectivity index (χ2n) is 4.11. The zero-order valence-electron chi connectivity index (χ0n) is 10.6. The molecular formula is C14H14BrClN2O. The highest BCUT2D eigenvalue weighted by Gasteiger charge is 2.04. The summed E-state index contributed by atoms with van der Waals surface area (Å²) in [6.07, 6.45) is 1.84. The topological polar surface area (TPSA) is 35.0 Å². The lowest BCUT2D eigenvalue weighted by Crippen LogP contribution is -2.01. The minimum Gasteiger partial charge on any atom is -0.473 e. The number of ether oxygens (including phenoxy) is 1. The molecule has 1 aromatic heterocycles. The fraction of sp³-hybridized carbons (Fsp3) is 0.286. The van der Waals surface area contributed by atoms with E-state index in [2.05, 4.69) is 32.8 Å². The van der Waals surface area contributed by atoms with Crippen molar-refractivity contribution in [3.8, 4) is 5.88 Å². The minimum absolute atomic E-state index is 0.440. The van der Waals surface area contributed by atoms with Gasteiger partial charge in [0.25, 0.3) is 0 Å². The molecule has 0 aliphatic carbocycles. The Kier molecular flexibility index (Phi) is 5.16. The predicted molar refractivity (Wildman–Crippen MR) is 79.5 cm³/mol. The summed E-state index contributed by atoms with van der Waals surface area (Å²) in [6.45, 7) is 2.53. The van der Waals surface area contributed by atoms with Crippen LogP contribution < -0.4 is 4.74 Å². The lowest BCUT2D eigenvalue weighted by atomic mass is 10.2. The van der Waals surface area contributed by atoms with Crippen LogP contribution in [-0.4, -0.2) is 9.97 Å². The molecule has 1 heterocycles. The number of rotatable bonds is 5. The van der Waals surface area contributed by atoms with Gasteiger partial charge in [0.05, 0.1) is 0 Å². The molecule has 2 aromatic rings. The van der Waals surface area contributed by atoms with Gasteiger partial charge in [-0.2, -0.15) is 4.98 Å². The first-order chi connectivity index (χ1) is 9.17. The summed E-state index contributed by atoms with van der Waals surface area (Å²) >= 11 is 9.30. The van der Waals surface area contributed by atoms with Gasteiger partial charge in [-0.1, -0.05) is 30.7 Å². The van der Waals surface area contributed by atoms with Crippen LogP contribution in [0.25, 0.3) is 0 Å². The molecule has 100 valence electrons. The normalized spacial score (nSPS) is 10.5. The number of aromatic nitrogens is 2. The second kappa shape index (κ2) is 6.87. The Hall–Kier alpha value is -1.13. The molecule has 0 bridgehead atoms. The third-order valence-electron chi connectivity index (χ3n) is 2.47. The molecule has 1 aromatic carbocycles. The van der Waals surface area contributed by atoms with Crippen molar-refractivity contribution in [2.24, 2.45) is 0 Å². The van der Waals surface area contributed by atoms with Crippen LogP contribution in [0.5, 0.6) is 5.88 Å². The Labute approximate surface area is 126 Å². The van der Waals surface area contributed by atoms with E-state index in [4.69, 9.17) is 16.3 Å². The summed E-state index contributed by atoms with van der Waals surface area (Å²) in [6, 6.07) is 9.36. The van der Waals surface area contributed by atoms with Crippen LogP contribution >= 0.6 is 27.5 Å². The largest absolute Gasteiger partial charge is 0.473 e. The van der Waals surface area contributed by atoms with Crippen molar-refractivity contribution in [3.63, 3.8) is 0 Å². The molecular weight excluding hydrogens is 328 g/mol. The van der Waals surface area contributed by atoms with Gasteiger partial charge < -0.3 is 4.74 Å². The number of nitrogens with zero attached hydrogens (tertiary/aromatic N) is 2. The summed E-state index contributed by atoms with van der Waals surface area (Å²) in [4.78, 5) is 8.66. The molecule has 3 nitrogen and oxygen atoms in total. The van der Waals surface area contributed by atoms with E-state index in [1.54, 1.807) is 6.07 Å². The average Bonchev–Trinajstić information content (AvgIpc) is 2.36. The number of aryl methyl sites for hydroxylation is 1. The highest BCUT2D eigenvalue weighted by atomic mass is 79.9. The Balaban J connectivity index is 2.06. The molecule has 2 rings (SSSR count). The molecule has 0 radical (unpaired) electrons. The number of halogens is 2. The fourth-order valence-corrected chi connectivity index (χ4v) is 2.25. The maximum atomic E-state index is 5.93. The van der Waals surface area contributed by atoms with Crippen LogP contribution in [0.2, 0.25) is 5.02 Å². The van der Waals surface area contributed by atoms with Crippen molar-refractivity contribution in [1.29, 1.82) is 0 Å². The van der Waals surface area contributed by atoms with Gasteiger partial charge in [-0.15, -0.1) is 0 Å². The molecule has 0 unspecified atom stereocenters. The first-order valence-electron chi connectivity index (χ1n) is 6.08.